The highest BCUT2D eigenvalue weighted by Crippen LogP contribution is 2.43. The Kier molecular flexibility index (Phi) is 4.45. The zero-order valence-corrected chi connectivity index (χ0v) is 15.5. The lowest BCUT2D eigenvalue weighted by Crippen LogP contribution is -2.33. The molecule has 0 aromatic heterocycles. The summed E-state index contributed by atoms with van der Waals surface area (Å²) in [5.74, 6) is -1.23. The van der Waals surface area contributed by atoms with Crippen molar-refractivity contribution in [1.29, 1.82) is 0 Å². The van der Waals surface area contributed by atoms with Crippen molar-refractivity contribution in [3.63, 3.8) is 0 Å². The predicted molar refractivity (Wildman–Crippen MR) is 102 cm³/mol. The van der Waals surface area contributed by atoms with Gasteiger partial charge in [-0.2, -0.15) is 0 Å². The third-order valence-electron chi connectivity index (χ3n) is 4.62. The largest absolute Gasteiger partial charge is 0.503 e. The Morgan fingerprint density at radius 3 is 2.15 bits per heavy atom. The molecule has 1 amide bonds. The summed E-state index contributed by atoms with van der Waals surface area (Å²) in [4.78, 5) is 27.5. The summed E-state index contributed by atoms with van der Waals surface area (Å²) in [6, 6.07) is 16.2. The van der Waals surface area contributed by atoms with Crippen molar-refractivity contribution in [2.45, 2.75) is 33.7 Å². The summed E-state index contributed by atoms with van der Waals surface area (Å²) in [5.41, 5.74) is 1.84. The Labute approximate surface area is 153 Å². The van der Waals surface area contributed by atoms with Crippen molar-refractivity contribution >= 4 is 17.4 Å². The van der Waals surface area contributed by atoms with Crippen LogP contribution in [0.5, 0.6) is 0 Å². The molecule has 0 saturated carbocycles. The van der Waals surface area contributed by atoms with Gasteiger partial charge in [-0.15, -0.1) is 0 Å². The molecule has 26 heavy (non-hydrogen) atoms. The molecule has 1 N–H and O–H groups in total. The highest BCUT2D eigenvalue weighted by Gasteiger charge is 2.46. The number of ketones is 1. The molecule has 1 atom stereocenters. The van der Waals surface area contributed by atoms with Gasteiger partial charge in [-0.25, -0.2) is 0 Å². The van der Waals surface area contributed by atoms with Crippen LogP contribution in [0.25, 0.3) is 0 Å². The number of amides is 1. The predicted octanol–water partition coefficient (Wildman–Crippen LogP) is 4.51. The fourth-order valence-electron chi connectivity index (χ4n) is 3.27. The van der Waals surface area contributed by atoms with E-state index in [1.54, 1.807) is 20.8 Å². The van der Waals surface area contributed by atoms with E-state index in [4.69, 9.17) is 0 Å². The van der Waals surface area contributed by atoms with Crippen LogP contribution in [0, 0.1) is 12.3 Å². The van der Waals surface area contributed by atoms with Crippen molar-refractivity contribution in [1.82, 2.24) is 0 Å². The second-order valence-electron chi connectivity index (χ2n) is 7.62. The maximum absolute atomic E-state index is 13.1. The number of aryl methyl sites for hydroxylation is 1. The van der Waals surface area contributed by atoms with Crippen LogP contribution in [-0.4, -0.2) is 16.8 Å². The van der Waals surface area contributed by atoms with E-state index in [1.165, 1.54) is 4.90 Å². The number of anilines is 1. The van der Waals surface area contributed by atoms with Crippen molar-refractivity contribution < 1.29 is 14.7 Å². The number of hydrogen-bond acceptors (Lipinski definition) is 3. The van der Waals surface area contributed by atoms with Crippen molar-refractivity contribution in [3.8, 4) is 0 Å². The molecule has 0 fully saturated rings. The van der Waals surface area contributed by atoms with E-state index in [-0.39, 0.29) is 11.4 Å². The van der Waals surface area contributed by atoms with Gasteiger partial charge < -0.3 is 5.11 Å². The average Bonchev–Trinajstić information content (AvgIpc) is 2.86. The first-order chi connectivity index (χ1) is 12.2. The van der Waals surface area contributed by atoms with Crippen LogP contribution in [-0.2, 0) is 9.59 Å². The first-order valence-corrected chi connectivity index (χ1v) is 8.65. The average molecular weight is 349 g/mol. The van der Waals surface area contributed by atoms with Crippen LogP contribution in [0.1, 0.15) is 37.9 Å². The number of nitrogens with zero attached hydrogens (tertiary/aromatic N) is 1. The van der Waals surface area contributed by atoms with Crippen LogP contribution in [0.4, 0.5) is 5.69 Å². The monoisotopic (exact) mass is 349 g/mol. The van der Waals surface area contributed by atoms with E-state index in [0.29, 0.717) is 5.69 Å². The summed E-state index contributed by atoms with van der Waals surface area (Å²) in [6.07, 6.45) is 0. The molecule has 4 nitrogen and oxygen atoms in total. The standard InChI is InChI=1S/C22H23NO3/c1-14-10-8-9-13-16(14)23-18(15-11-6-5-7-12-15)17(19(24)21(23)26)20(25)22(2,3)4/h5-13,18,24H,1-4H3. The lowest BCUT2D eigenvalue weighted by atomic mass is 9.82. The maximum atomic E-state index is 13.1. The number of hydrogen-bond donors (Lipinski definition) is 1. The fourth-order valence-corrected chi connectivity index (χ4v) is 3.27. The molecular formula is C22H23NO3. The second kappa shape index (κ2) is 6.45. The van der Waals surface area contributed by atoms with Crippen LogP contribution in [0.3, 0.4) is 0 Å². The molecule has 2 aromatic carbocycles. The molecule has 0 spiro atoms. The van der Waals surface area contributed by atoms with Crippen molar-refractivity contribution in [2.24, 2.45) is 5.41 Å². The van der Waals surface area contributed by atoms with Crippen LogP contribution in [0.2, 0.25) is 0 Å². The van der Waals surface area contributed by atoms with Gasteiger partial charge >= 0.3 is 0 Å². The van der Waals surface area contributed by atoms with E-state index >= 15 is 0 Å². The topological polar surface area (TPSA) is 57.6 Å². The molecule has 0 aliphatic carbocycles. The summed E-state index contributed by atoms with van der Waals surface area (Å²) < 4.78 is 0. The first kappa shape index (κ1) is 17.9. The number of Topliss-reactive ketones (excluding diaryl/α,β-unsaturated/α-hetero) is 1. The lowest BCUT2D eigenvalue weighted by molar-refractivity contribution is -0.123. The molecule has 1 aliphatic rings. The van der Waals surface area contributed by atoms with E-state index in [0.717, 1.165) is 11.1 Å². The maximum Gasteiger partial charge on any atom is 0.294 e. The Morgan fingerprint density at radius 2 is 1.58 bits per heavy atom. The Bertz CT molecular complexity index is 891. The number of carbonyl (C=O) groups excluding carboxylic acids is 2. The van der Waals surface area contributed by atoms with Gasteiger partial charge in [0.05, 0.1) is 11.6 Å². The highest BCUT2D eigenvalue weighted by atomic mass is 16.3. The third kappa shape index (κ3) is 2.92. The summed E-state index contributed by atoms with van der Waals surface area (Å²) in [5, 5.41) is 10.6. The Hall–Kier alpha value is -2.88. The highest BCUT2D eigenvalue weighted by molar-refractivity contribution is 6.17. The molecule has 1 unspecified atom stereocenters. The number of aliphatic hydroxyl groups excluding tert-OH is 1. The molecule has 4 heteroatoms. The normalized spacial score (nSPS) is 17.8. The van der Waals surface area contributed by atoms with E-state index in [1.807, 2.05) is 61.5 Å². The Balaban J connectivity index is 2.23. The second-order valence-corrected chi connectivity index (χ2v) is 7.62. The lowest BCUT2D eigenvalue weighted by Gasteiger charge is -2.29. The van der Waals surface area contributed by atoms with E-state index in [2.05, 4.69) is 0 Å². The smallest absolute Gasteiger partial charge is 0.294 e. The van der Waals surface area contributed by atoms with Crippen LogP contribution in [0.15, 0.2) is 65.9 Å². The fraction of sp³-hybridized carbons (Fsp3) is 0.273. The molecule has 0 radical (unpaired) electrons. The third-order valence-corrected chi connectivity index (χ3v) is 4.62. The van der Waals surface area contributed by atoms with Gasteiger partial charge in [0.1, 0.15) is 0 Å². The molecule has 134 valence electrons. The zero-order chi connectivity index (χ0) is 19.1. The number of para-hydroxylation sites is 1. The number of aliphatic hydroxyl groups is 1. The minimum atomic E-state index is -0.710. The summed E-state index contributed by atoms with van der Waals surface area (Å²) in [6.45, 7) is 7.28. The van der Waals surface area contributed by atoms with Gasteiger partial charge in [-0.05, 0) is 24.1 Å². The van der Waals surface area contributed by atoms with Crippen molar-refractivity contribution in [2.75, 3.05) is 4.90 Å². The molecular weight excluding hydrogens is 326 g/mol. The number of carbonyl (C=O) groups is 2. The number of rotatable bonds is 3. The van der Waals surface area contributed by atoms with Gasteiger partial charge in [0.25, 0.3) is 5.91 Å². The van der Waals surface area contributed by atoms with Gasteiger partial charge in [0.2, 0.25) is 0 Å². The SMILES string of the molecule is Cc1ccccc1N1C(=O)C(O)=C(C(=O)C(C)(C)C)C1c1ccccc1. The van der Waals surface area contributed by atoms with Gasteiger partial charge in [0.15, 0.2) is 11.5 Å². The summed E-state index contributed by atoms with van der Waals surface area (Å²) in [7, 11) is 0. The molecule has 0 saturated heterocycles. The summed E-state index contributed by atoms with van der Waals surface area (Å²) >= 11 is 0. The van der Waals surface area contributed by atoms with E-state index in [9.17, 15) is 14.7 Å². The quantitative estimate of drug-likeness (QED) is 0.887. The van der Waals surface area contributed by atoms with Crippen molar-refractivity contribution in [3.05, 3.63) is 77.1 Å². The Morgan fingerprint density at radius 1 is 1.00 bits per heavy atom. The van der Waals surface area contributed by atoms with E-state index < -0.39 is 23.1 Å². The molecule has 1 heterocycles. The zero-order valence-electron chi connectivity index (χ0n) is 15.5. The van der Waals surface area contributed by atoms with Gasteiger partial charge in [0, 0.05) is 11.1 Å². The van der Waals surface area contributed by atoms with Gasteiger partial charge in [-0.1, -0.05) is 69.3 Å². The molecule has 1 aliphatic heterocycles. The van der Waals surface area contributed by atoms with Crippen LogP contribution >= 0.6 is 0 Å². The number of benzene rings is 2. The van der Waals surface area contributed by atoms with Gasteiger partial charge in [-0.3, -0.25) is 14.5 Å². The molecule has 0 bridgehead atoms. The first-order valence-electron chi connectivity index (χ1n) is 8.65. The van der Waals surface area contributed by atoms with Crippen LogP contribution < -0.4 is 4.90 Å². The molecule has 2 aromatic rings. The minimum Gasteiger partial charge on any atom is -0.503 e. The minimum absolute atomic E-state index is 0.164. The molecule has 3 rings (SSSR count).